The first-order valence-electron chi connectivity index (χ1n) is 7.62. The van der Waals surface area contributed by atoms with Crippen LogP contribution in [-0.2, 0) is 30.8 Å². The topological polar surface area (TPSA) is 73.9 Å². The molecule has 1 saturated heterocycles. The van der Waals surface area contributed by atoms with Crippen molar-refractivity contribution in [1.29, 1.82) is 0 Å². The third kappa shape index (κ3) is 5.82. The molecule has 1 aromatic carbocycles. The molecule has 0 amide bonds. The first-order chi connectivity index (χ1) is 11.1. The summed E-state index contributed by atoms with van der Waals surface area (Å²) in [6.45, 7) is 4.39. The van der Waals surface area contributed by atoms with Crippen LogP contribution in [0.4, 0.5) is 0 Å². The monoisotopic (exact) mass is 341 g/mol. The molecule has 3 rings (SSSR count). The predicted molar refractivity (Wildman–Crippen MR) is 83.6 cm³/mol. The molecular weight excluding hydrogens is 322 g/mol. The van der Waals surface area contributed by atoms with Gasteiger partial charge in [-0.15, -0.1) is 0 Å². The van der Waals surface area contributed by atoms with E-state index in [4.69, 9.17) is 11.6 Å². The Kier molecular flexibility index (Phi) is 6.83. The zero-order valence-corrected chi connectivity index (χ0v) is 13.7. The van der Waals surface area contributed by atoms with Crippen LogP contribution in [0.25, 0.3) is 0 Å². The normalized spacial score (nSPS) is 21.4. The van der Waals surface area contributed by atoms with Crippen molar-refractivity contribution >= 4 is 23.5 Å². The van der Waals surface area contributed by atoms with Crippen molar-refractivity contribution in [1.82, 2.24) is 5.32 Å². The lowest BCUT2D eigenvalue weighted by atomic mass is 9.96. The van der Waals surface area contributed by atoms with Crippen molar-refractivity contribution < 1.29 is 24.4 Å². The maximum atomic E-state index is 10.4. The molecule has 0 aliphatic carbocycles. The Labute approximate surface area is 139 Å². The molecule has 6 nitrogen and oxygen atoms in total. The maximum absolute atomic E-state index is 10.4. The van der Waals surface area contributed by atoms with Crippen molar-refractivity contribution in [2.75, 3.05) is 13.1 Å². The Hall–Kier alpha value is -1.63. The number of hydrogen-bond acceptors (Lipinski definition) is 6. The van der Waals surface area contributed by atoms with Gasteiger partial charge in [0.05, 0.1) is 0 Å². The molecule has 0 aromatic heterocycles. The fourth-order valence-electron chi connectivity index (χ4n) is 2.46. The van der Waals surface area contributed by atoms with Crippen LogP contribution in [-0.4, -0.2) is 25.0 Å². The van der Waals surface area contributed by atoms with Crippen LogP contribution in [0, 0.1) is 0 Å². The van der Waals surface area contributed by atoms with Gasteiger partial charge in [-0.25, -0.2) is 9.59 Å². The molecule has 2 aliphatic heterocycles. The summed E-state index contributed by atoms with van der Waals surface area (Å²) in [5.74, 6) is -0.462. The van der Waals surface area contributed by atoms with Gasteiger partial charge in [0, 0.05) is 29.4 Å². The van der Waals surface area contributed by atoms with Crippen molar-refractivity contribution in [3.05, 3.63) is 34.3 Å². The average Bonchev–Trinajstić information content (AvgIpc) is 2.68. The average molecular weight is 342 g/mol. The molecule has 2 aliphatic rings. The SMILES string of the molecule is C[C@H]1CNCCc2ccc(Cl)cc21.O=C1CCCC(=O)OOO1. The van der Waals surface area contributed by atoms with E-state index in [0.717, 1.165) is 24.5 Å². The molecule has 1 N–H and O–H groups in total. The van der Waals surface area contributed by atoms with E-state index in [9.17, 15) is 9.59 Å². The summed E-state index contributed by atoms with van der Waals surface area (Å²) < 4.78 is 0. The van der Waals surface area contributed by atoms with Crippen LogP contribution >= 0.6 is 11.6 Å². The number of hydrogen-bond donors (Lipinski definition) is 1. The highest BCUT2D eigenvalue weighted by Crippen LogP contribution is 2.25. The van der Waals surface area contributed by atoms with Crippen LogP contribution in [0.3, 0.4) is 0 Å². The largest absolute Gasteiger partial charge is 0.346 e. The summed E-state index contributed by atoms with van der Waals surface area (Å²) in [5, 5.41) is 8.07. The first kappa shape index (κ1) is 17.7. The molecule has 0 saturated carbocycles. The fourth-order valence-corrected chi connectivity index (χ4v) is 2.64. The molecule has 0 bridgehead atoms. The van der Waals surface area contributed by atoms with Gasteiger partial charge in [-0.3, -0.25) is 9.78 Å². The number of carbonyl (C=O) groups is 2. The number of nitrogens with one attached hydrogen (secondary N) is 1. The molecule has 0 radical (unpaired) electrons. The Balaban J connectivity index is 0.000000174. The second-order valence-electron chi connectivity index (χ2n) is 5.53. The Morgan fingerprint density at radius 2 is 1.83 bits per heavy atom. The lowest BCUT2D eigenvalue weighted by Gasteiger charge is -2.11. The second kappa shape index (κ2) is 8.86. The van der Waals surface area contributed by atoms with E-state index in [-0.39, 0.29) is 12.8 Å². The minimum atomic E-state index is -0.521. The summed E-state index contributed by atoms with van der Waals surface area (Å²) in [5.41, 5.74) is 2.86. The van der Waals surface area contributed by atoms with Crippen LogP contribution in [0.5, 0.6) is 0 Å². The van der Waals surface area contributed by atoms with Gasteiger partial charge in [0.2, 0.25) is 0 Å². The molecule has 23 heavy (non-hydrogen) atoms. The van der Waals surface area contributed by atoms with Gasteiger partial charge in [-0.05, 0) is 48.6 Å². The third-order valence-electron chi connectivity index (χ3n) is 3.68. The number of halogens is 1. The lowest BCUT2D eigenvalue weighted by Crippen LogP contribution is -2.18. The standard InChI is InChI=1S/C11H14ClN.C5H6O5/c1-8-7-13-5-4-9-2-3-10(12)6-11(8)9;6-4-2-1-3-5(7)9-10-8-4/h2-3,6,8,13H,4-5,7H2,1H3;1-3H2/t8-;/m0./s1. The second-order valence-corrected chi connectivity index (χ2v) is 5.97. The van der Waals surface area contributed by atoms with Gasteiger partial charge in [0.1, 0.15) is 0 Å². The maximum Gasteiger partial charge on any atom is 0.346 e. The third-order valence-corrected chi connectivity index (χ3v) is 3.91. The molecule has 0 spiro atoms. The number of rotatable bonds is 0. The summed E-state index contributed by atoms with van der Waals surface area (Å²) in [6.07, 6.45) is 1.95. The highest BCUT2D eigenvalue weighted by Gasteiger charge is 2.14. The van der Waals surface area contributed by atoms with Gasteiger partial charge in [-0.2, -0.15) is 0 Å². The van der Waals surface area contributed by atoms with Gasteiger partial charge in [0.25, 0.3) is 0 Å². The van der Waals surface area contributed by atoms with E-state index in [2.05, 4.69) is 39.2 Å². The van der Waals surface area contributed by atoms with Crippen LogP contribution < -0.4 is 5.32 Å². The van der Waals surface area contributed by atoms with E-state index in [0.29, 0.717) is 12.3 Å². The predicted octanol–water partition coefficient (Wildman–Crippen LogP) is 2.69. The highest BCUT2D eigenvalue weighted by molar-refractivity contribution is 6.30. The molecule has 1 atom stereocenters. The minimum Gasteiger partial charge on any atom is -0.316 e. The molecule has 0 unspecified atom stereocenters. The summed E-state index contributed by atoms with van der Waals surface area (Å²) in [4.78, 5) is 28.8. The van der Waals surface area contributed by atoms with E-state index in [1.807, 2.05) is 6.07 Å². The van der Waals surface area contributed by atoms with E-state index >= 15 is 0 Å². The van der Waals surface area contributed by atoms with Gasteiger partial charge in [-0.1, -0.05) is 24.6 Å². The fraction of sp³-hybridized carbons (Fsp3) is 0.500. The van der Waals surface area contributed by atoms with E-state index in [1.165, 1.54) is 11.1 Å². The zero-order valence-electron chi connectivity index (χ0n) is 13.0. The van der Waals surface area contributed by atoms with Crippen molar-refractivity contribution in [2.24, 2.45) is 0 Å². The molecule has 2 heterocycles. The van der Waals surface area contributed by atoms with Gasteiger partial charge < -0.3 is 5.32 Å². The van der Waals surface area contributed by atoms with Crippen molar-refractivity contribution in [3.63, 3.8) is 0 Å². The smallest absolute Gasteiger partial charge is 0.316 e. The van der Waals surface area contributed by atoms with Gasteiger partial charge in [0.15, 0.2) is 0 Å². The van der Waals surface area contributed by atoms with Crippen LogP contribution in [0.2, 0.25) is 5.02 Å². The number of carbonyl (C=O) groups excluding carboxylic acids is 2. The number of fused-ring (bicyclic) bond motifs is 1. The summed E-state index contributed by atoms with van der Waals surface area (Å²) in [7, 11) is 0. The van der Waals surface area contributed by atoms with E-state index < -0.39 is 11.9 Å². The zero-order chi connectivity index (χ0) is 16.7. The molecule has 1 fully saturated rings. The Morgan fingerprint density at radius 1 is 1.13 bits per heavy atom. The van der Waals surface area contributed by atoms with Gasteiger partial charge >= 0.3 is 11.9 Å². The van der Waals surface area contributed by atoms with Crippen molar-refractivity contribution in [3.8, 4) is 0 Å². The number of benzene rings is 1. The van der Waals surface area contributed by atoms with Crippen LogP contribution in [0.1, 0.15) is 43.2 Å². The van der Waals surface area contributed by atoms with Crippen molar-refractivity contribution in [2.45, 2.75) is 38.5 Å². The van der Waals surface area contributed by atoms with Crippen LogP contribution in [0.15, 0.2) is 18.2 Å². The minimum absolute atomic E-state index is 0.190. The Morgan fingerprint density at radius 3 is 2.52 bits per heavy atom. The molecular formula is C16H20ClNO5. The quantitative estimate of drug-likeness (QED) is 0.731. The lowest BCUT2D eigenvalue weighted by molar-refractivity contribution is -0.461. The Bertz CT molecular complexity index is 533. The van der Waals surface area contributed by atoms with E-state index in [1.54, 1.807) is 0 Å². The highest BCUT2D eigenvalue weighted by atomic mass is 35.5. The molecule has 7 heteroatoms. The first-order valence-corrected chi connectivity index (χ1v) is 8.00. The molecule has 126 valence electrons. The molecule has 1 aromatic rings. The summed E-state index contributed by atoms with van der Waals surface area (Å²) in [6, 6.07) is 6.24. The summed E-state index contributed by atoms with van der Waals surface area (Å²) >= 11 is 5.97.